The van der Waals surface area contributed by atoms with Crippen LogP contribution < -0.4 is 0 Å². The van der Waals surface area contributed by atoms with Gasteiger partial charge in [-0.05, 0) is 124 Å². The van der Waals surface area contributed by atoms with Crippen molar-refractivity contribution >= 4 is 11.9 Å². The molecule has 14 N–H and O–H groups in total. The van der Waals surface area contributed by atoms with Gasteiger partial charge in [-0.2, -0.15) is 0 Å². The van der Waals surface area contributed by atoms with E-state index in [1.54, 1.807) is 0 Å². The van der Waals surface area contributed by atoms with E-state index in [0.29, 0.717) is 38.5 Å². The Morgan fingerprint density at radius 1 is 0.605 bits per heavy atom. The highest BCUT2D eigenvalue weighted by molar-refractivity contribution is 5.90. The molecule has 4 aliphatic carbocycles. The number of aliphatic carboxylic acids is 1. The molecule has 0 aromatic heterocycles. The van der Waals surface area contributed by atoms with Gasteiger partial charge in [0.2, 0.25) is 0 Å². The highest BCUT2D eigenvalue weighted by atomic mass is 16.8. The number of carboxylic acids is 1. The maximum Gasteiger partial charge on any atom is 0.317 e. The molecule has 0 aromatic carbocycles. The van der Waals surface area contributed by atoms with Crippen molar-refractivity contribution in [3.63, 3.8) is 0 Å². The van der Waals surface area contributed by atoms with Crippen LogP contribution in [0.1, 0.15) is 120 Å². The molecular formula is C56H92O25. The molecule has 29 unspecified atom stereocenters. The van der Waals surface area contributed by atoms with E-state index in [2.05, 4.69) is 40.7 Å². The fourth-order valence-electron chi connectivity index (χ4n) is 16.4. The summed E-state index contributed by atoms with van der Waals surface area (Å²) in [6.07, 6.45) is -25.1. The molecule has 81 heavy (non-hydrogen) atoms. The number of carbonyl (C=O) groups excluding carboxylic acids is 1. The second kappa shape index (κ2) is 24.9. The molecule has 29 atom stereocenters. The van der Waals surface area contributed by atoms with E-state index in [0.717, 1.165) is 24.8 Å². The maximum atomic E-state index is 12.9. The normalized spacial score (nSPS) is 49.4. The van der Waals surface area contributed by atoms with Crippen LogP contribution in [0.4, 0.5) is 0 Å². The van der Waals surface area contributed by atoms with Crippen LogP contribution in [0, 0.1) is 45.3 Å². The molecule has 8 fully saturated rings. The molecule has 0 amide bonds. The number of carboxylic acid groups (broad SMARTS) is 1. The molecule has 0 aromatic rings. The number of hydrogen-bond acceptors (Lipinski definition) is 24. The third-order valence-corrected chi connectivity index (χ3v) is 21.1. The van der Waals surface area contributed by atoms with Gasteiger partial charge in [0.05, 0.1) is 37.6 Å². The van der Waals surface area contributed by atoms with Gasteiger partial charge in [0.25, 0.3) is 0 Å². The Bertz CT molecular complexity index is 2180. The van der Waals surface area contributed by atoms with Crippen molar-refractivity contribution < 1.29 is 124 Å². The van der Waals surface area contributed by atoms with Crippen LogP contribution in [-0.2, 0) is 52.2 Å². The van der Waals surface area contributed by atoms with Crippen LogP contribution in [-0.4, -0.2) is 244 Å². The number of aliphatic hydroxyl groups excluding tert-OH is 13. The van der Waals surface area contributed by atoms with Crippen LogP contribution in [0.2, 0.25) is 0 Å². The number of aliphatic hydroxyl groups is 13. The van der Waals surface area contributed by atoms with Crippen molar-refractivity contribution in [3.8, 4) is 0 Å². The largest absolute Gasteiger partial charge is 0.481 e. The predicted molar refractivity (Wildman–Crippen MR) is 276 cm³/mol. The number of esters is 1. The molecule has 8 aliphatic rings. The Balaban J connectivity index is 0.998. The van der Waals surface area contributed by atoms with E-state index in [-0.39, 0.29) is 34.5 Å². The van der Waals surface area contributed by atoms with E-state index in [1.165, 1.54) is 0 Å². The lowest BCUT2D eigenvalue weighted by Gasteiger charge is -2.71. The third kappa shape index (κ3) is 12.0. The van der Waals surface area contributed by atoms with E-state index in [9.17, 15) is 76.0 Å². The van der Waals surface area contributed by atoms with Gasteiger partial charge in [0.1, 0.15) is 105 Å². The first kappa shape index (κ1) is 64.8. The zero-order chi connectivity index (χ0) is 59.6. The van der Waals surface area contributed by atoms with Gasteiger partial charge in [-0.1, -0.05) is 46.3 Å². The minimum Gasteiger partial charge on any atom is -0.481 e. The van der Waals surface area contributed by atoms with Crippen LogP contribution in [0.5, 0.6) is 0 Å². The summed E-state index contributed by atoms with van der Waals surface area (Å²) < 4.78 is 54.0. The second-order valence-corrected chi connectivity index (χ2v) is 26.3. The van der Waals surface area contributed by atoms with Crippen molar-refractivity contribution in [1.29, 1.82) is 0 Å². The van der Waals surface area contributed by atoms with Crippen molar-refractivity contribution in [2.45, 2.75) is 254 Å². The maximum absolute atomic E-state index is 12.9. The summed E-state index contributed by atoms with van der Waals surface area (Å²) in [6, 6.07) is 0. The summed E-state index contributed by atoms with van der Waals surface area (Å²) >= 11 is 0. The van der Waals surface area contributed by atoms with Crippen molar-refractivity contribution in [3.05, 3.63) is 11.6 Å². The smallest absolute Gasteiger partial charge is 0.317 e. The first-order chi connectivity index (χ1) is 37.9. The lowest BCUT2D eigenvalue weighted by Crippen LogP contribution is -2.68. The van der Waals surface area contributed by atoms with Gasteiger partial charge in [0, 0.05) is 0 Å². The summed E-state index contributed by atoms with van der Waals surface area (Å²) in [5.41, 5.74) is -1.72. The lowest BCUT2D eigenvalue weighted by molar-refractivity contribution is -0.378. The number of fused-ring (bicyclic) bond motifs is 5. The number of allylic oxidation sites excluding steroid dienone is 2. The molecule has 466 valence electrons. The second-order valence-electron chi connectivity index (χ2n) is 26.3. The average molecular weight is 1170 g/mol. The Hall–Kier alpha value is -2.16. The van der Waals surface area contributed by atoms with E-state index in [1.807, 2.05) is 20.8 Å². The summed E-state index contributed by atoms with van der Waals surface area (Å²) in [5.74, 6) is -3.18. The van der Waals surface area contributed by atoms with E-state index in [4.69, 9.17) is 47.7 Å². The molecule has 0 spiro atoms. The van der Waals surface area contributed by atoms with Gasteiger partial charge < -0.3 is 114 Å². The van der Waals surface area contributed by atoms with Gasteiger partial charge in [-0.25, -0.2) is 0 Å². The molecule has 25 heteroatoms. The van der Waals surface area contributed by atoms with E-state index >= 15 is 0 Å². The van der Waals surface area contributed by atoms with Crippen LogP contribution in [0.25, 0.3) is 0 Å². The number of ether oxygens (including phenoxy) is 9. The molecule has 0 bridgehead atoms. The van der Waals surface area contributed by atoms with Crippen LogP contribution in [0.15, 0.2) is 11.6 Å². The molecule has 0 radical (unpaired) electrons. The van der Waals surface area contributed by atoms with Crippen LogP contribution in [0.3, 0.4) is 0 Å². The molecule has 25 nitrogen and oxygen atoms in total. The highest BCUT2D eigenvalue weighted by Crippen LogP contribution is 2.76. The number of hydrogen-bond donors (Lipinski definition) is 14. The molecular weight excluding hydrogens is 1070 g/mol. The first-order valence-corrected chi connectivity index (χ1v) is 28.8. The third-order valence-electron chi connectivity index (χ3n) is 21.1. The fourth-order valence-corrected chi connectivity index (χ4v) is 16.4. The van der Waals surface area contributed by atoms with Gasteiger partial charge >= 0.3 is 11.9 Å². The van der Waals surface area contributed by atoms with E-state index < -0.39 is 190 Å². The molecule has 4 saturated heterocycles. The van der Waals surface area contributed by atoms with Crippen molar-refractivity contribution in [2.24, 2.45) is 45.3 Å². The monoisotopic (exact) mass is 1160 g/mol. The van der Waals surface area contributed by atoms with Gasteiger partial charge in [-0.3, -0.25) is 9.59 Å². The van der Waals surface area contributed by atoms with Gasteiger partial charge in [-0.15, -0.1) is 0 Å². The van der Waals surface area contributed by atoms with Crippen molar-refractivity contribution in [1.82, 2.24) is 0 Å². The minimum atomic E-state index is -1.95. The molecule has 4 heterocycles. The quantitative estimate of drug-likeness (QED) is 0.0302. The van der Waals surface area contributed by atoms with Crippen molar-refractivity contribution in [2.75, 3.05) is 26.4 Å². The zero-order valence-electron chi connectivity index (χ0n) is 47.7. The lowest BCUT2D eigenvalue weighted by atomic mass is 9.35. The summed E-state index contributed by atoms with van der Waals surface area (Å²) in [6.45, 7) is 14.6. The fraction of sp³-hybridized carbons (Fsp3) is 0.929. The highest BCUT2D eigenvalue weighted by Gasteiger charge is 2.72. The Labute approximate surface area is 472 Å². The molecule has 8 rings (SSSR count). The predicted octanol–water partition coefficient (Wildman–Crippen LogP) is -1.54. The Morgan fingerprint density at radius 2 is 1.15 bits per heavy atom. The summed E-state index contributed by atoms with van der Waals surface area (Å²) in [4.78, 5) is 23.0. The Morgan fingerprint density at radius 3 is 1.77 bits per heavy atom. The standard InChI is InChI=1S/C56H92O25/c1-24(2)10-9-14-56(8,81-50-46(72)42(68)40(66)30(78-50)23-74-48-44(70)38(64)28(21-58)75-48)25-11-16-55(7)36(25)26(59)18-32-53(5)15-13-33(52(3,4)31(53)12-17-54(32,55)6)79-51-47(43(69)37(63)27(20-57)76-51)80-49-45(71)41(67)39(65)29(77-49)22-73-35(62)19-34(60)61/h10,25-33,36-51,57-59,63-72H,9,11-23H2,1-8H3,(H,60,61). The minimum absolute atomic E-state index is 0.00537. The van der Waals surface area contributed by atoms with Crippen LogP contribution >= 0.6 is 0 Å². The Kier molecular flexibility index (Phi) is 19.9. The number of rotatable bonds is 19. The zero-order valence-corrected chi connectivity index (χ0v) is 47.7. The molecule has 4 saturated carbocycles. The summed E-state index contributed by atoms with van der Waals surface area (Å²) in [7, 11) is 0. The average Bonchev–Trinajstić information content (AvgIpc) is 2.15. The number of carbonyl (C=O) groups is 2. The first-order valence-electron chi connectivity index (χ1n) is 28.8. The molecule has 4 aliphatic heterocycles. The topological polar surface area (TPSA) is 400 Å². The SMILES string of the molecule is CC(C)=CCCC(C)(OC1OC(COC2OC(CO)C(O)C2O)C(O)C(O)C1O)C1CCC2(C)C1C(O)CC1C3(C)CCC(OC4OC(CO)C(O)C(O)C4OC4OC(COC(=O)CC(=O)O)C(O)C(O)C4O)C(C)(C)C3CCC12C. The summed E-state index contributed by atoms with van der Waals surface area (Å²) in [5, 5.41) is 151. The van der Waals surface area contributed by atoms with Gasteiger partial charge in [0.15, 0.2) is 25.2 Å².